The molecule has 0 atom stereocenters. The van der Waals surface area contributed by atoms with Crippen molar-refractivity contribution in [3.05, 3.63) is 59.9 Å². The lowest BCUT2D eigenvalue weighted by atomic mass is 10.1. The minimum Gasteiger partial charge on any atom is -0.360 e. The number of hydrogen-bond donors (Lipinski definition) is 2. The predicted octanol–water partition coefficient (Wildman–Crippen LogP) is 3.57. The molecule has 0 radical (unpaired) electrons. The van der Waals surface area contributed by atoms with Crippen LogP contribution in [0.5, 0.6) is 0 Å². The van der Waals surface area contributed by atoms with Crippen LogP contribution in [0.25, 0.3) is 0 Å². The molecule has 0 bridgehead atoms. The summed E-state index contributed by atoms with van der Waals surface area (Å²) in [6.07, 6.45) is 2.00. The van der Waals surface area contributed by atoms with E-state index in [2.05, 4.69) is 10.6 Å². The first-order valence-electron chi connectivity index (χ1n) is 9.16. The van der Waals surface area contributed by atoms with E-state index < -0.39 is 0 Å². The molecule has 5 nitrogen and oxygen atoms in total. The number of carbonyl (C=O) groups excluding carboxylic acids is 2. The van der Waals surface area contributed by atoms with Crippen LogP contribution < -0.4 is 15.5 Å². The van der Waals surface area contributed by atoms with Crippen LogP contribution in [0.15, 0.2) is 48.5 Å². The minimum atomic E-state index is -0.317. The molecule has 0 saturated heterocycles. The van der Waals surface area contributed by atoms with Crippen molar-refractivity contribution in [3.8, 4) is 0 Å². The molecule has 27 heavy (non-hydrogen) atoms. The Bertz CT molecular complexity index is 816. The lowest BCUT2D eigenvalue weighted by molar-refractivity contribution is -0.115. The Morgan fingerprint density at radius 2 is 1.78 bits per heavy atom. The first kappa shape index (κ1) is 18.9. The summed E-state index contributed by atoms with van der Waals surface area (Å²) in [6.45, 7) is 4.03. The second-order valence-corrected chi connectivity index (χ2v) is 7.04. The molecule has 1 aliphatic rings. The highest BCUT2D eigenvalue weighted by Gasteiger charge is 2.25. The van der Waals surface area contributed by atoms with E-state index in [1.807, 2.05) is 18.7 Å². The SMILES string of the molecule is CC(C)N(CC(=O)Nc1ccccc1C(=O)NC1CC1)c1ccc(F)cc1. The van der Waals surface area contributed by atoms with Gasteiger partial charge in [0.15, 0.2) is 0 Å². The fourth-order valence-corrected chi connectivity index (χ4v) is 2.83. The van der Waals surface area contributed by atoms with Gasteiger partial charge in [0.2, 0.25) is 5.91 Å². The summed E-state index contributed by atoms with van der Waals surface area (Å²) in [5.74, 6) is -0.727. The van der Waals surface area contributed by atoms with Crippen LogP contribution in [0.1, 0.15) is 37.0 Å². The summed E-state index contributed by atoms with van der Waals surface area (Å²) < 4.78 is 13.2. The molecule has 0 spiro atoms. The molecule has 0 aliphatic heterocycles. The van der Waals surface area contributed by atoms with Crippen molar-refractivity contribution in [2.45, 2.75) is 38.8 Å². The van der Waals surface area contributed by atoms with Crippen molar-refractivity contribution in [3.63, 3.8) is 0 Å². The van der Waals surface area contributed by atoms with E-state index in [0.717, 1.165) is 18.5 Å². The Morgan fingerprint density at radius 1 is 1.11 bits per heavy atom. The number of nitrogens with one attached hydrogen (secondary N) is 2. The zero-order valence-electron chi connectivity index (χ0n) is 15.5. The number of rotatable bonds is 7. The van der Waals surface area contributed by atoms with Gasteiger partial charge in [0, 0.05) is 17.8 Å². The van der Waals surface area contributed by atoms with Crippen LogP contribution in [0.3, 0.4) is 0 Å². The molecule has 3 rings (SSSR count). The van der Waals surface area contributed by atoms with E-state index >= 15 is 0 Å². The third-order valence-corrected chi connectivity index (χ3v) is 4.45. The fraction of sp³-hybridized carbons (Fsp3) is 0.333. The van der Waals surface area contributed by atoms with E-state index in [1.165, 1.54) is 12.1 Å². The number of amides is 2. The maximum atomic E-state index is 13.2. The summed E-state index contributed by atoms with van der Waals surface area (Å²) in [7, 11) is 0. The lowest BCUT2D eigenvalue weighted by Crippen LogP contribution is -2.38. The van der Waals surface area contributed by atoms with Gasteiger partial charge in [0.05, 0.1) is 17.8 Å². The van der Waals surface area contributed by atoms with Crippen molar-refractivity contribution in [2.75, 3.05) is 16.8 Å². The Hall–Kier alpha value is -2.89. The predicted molar refractivity (Wildman–Crippen MR) is 104 cm³/mol. The quantitative estimate of drug-likeness (QED) is 0.784. The van der Waals surface area contributed by atoms with Gasteiger partial charge in [-0.05, 0) is 63.1 Å². The molecule has 0 unspecified atom stereocenters. The zero-order chi connectivity index (χ0) is 19.4. The van der Waals surface area contributed by atoms with Crippen molar-refractivity contribution in [1.29, 1.82) is 0 Å². The molecular weight excluding hydrogens is 345 g/mol. The van der Waals surface area contributed by atoms with E-state index in [0.29, 0.717) is 11.3 Å². The first-order valence-corrected chi connectivity index (χ1v) is 9.16. The number of hydrogen-bond acceptors (Lipinski definition) is 3. The molecule has 1 fully saturated rings. The Morgan fingerprint density at radius 3 is 2.41 bits per heavy atom. The number of nitrogens with zero attached hydrogens (tertiary/aromatic N) is 1. The molecule has 6 heteroatoms. The number of halogens is 1. The van der Waals surface area contributed by atoms with Crippen molar-refractivity contribution >= 4 is 23.2 Å². The first-order chi connectivity index (χ1) is 12.9. The van der Waals surface area contributed by atoms with Crippen LogP contribution >= 0.6 is 0 Å². The van der Waals surface area contributed by atoms with E-state index in [9.17, 15) is 14.0 Å². The van der Waals surface area contributed by atoms with Gasteiger partial charge in [0.1, 0.15) is 5.82 Å². The standard InChI is InChI=1S/C21H24FN3O2/c1-14(2)25(17-11-7-15(22)8-12-17)13-20(26)24-19-6-4-3-5-18(19)21(27)23-16-9-10-16/h3-8,11-12,14,16H,9-10,13H2,1-2H3,(H,23,27)(H,24,26). The summed E-state index contributed by atoms with van der Waals surface area (Å²) in [4.78, 5) is 26.9. The highest BCUT2D eigenvalue weighted by atomic mass is 19.1. The third kappa shape index (κ3) is 5.06. The Labute approximate surface area is 158 Å². The molecular formula is C21H24FN3O2. The summed E-state index contributed by atoms with van der Waals surface area (Å²) in [6, 6.07) is 13.3. The van der Waals surface area contributed by atoms with Crippen LogP contribution in [-0.4, -0.2) is 30.4 Å². The van der Waals surface area contributed by atoms with Crippen LogP contribution in [0, 0.1) is 5.82 Å². The normalized spacial score (nSPS) is 13.3. The average Bonchev–Trinajstić information content (AvgIpc) is 3.45. The topological polar surface area (TPSA) is 61.4 Å². The van der Waals surface area contributed by atoms with E-state index in [1.54, 1.807) is 36.4 Å². The molecule has 2 amide bonds. The maximum Gasteiger partial charge on any atom is 0.253 e. The van der Waals surface area contributed by atoms with Gasteiger partial charge in [-0.3, -0.25) is 9.59 Å². The van der Waals surface area contributed by atoms with Gasteiger partial charge in [-0.25, -0.2) is 4.39 Å². The molecule has 142 valence electrons. The summed E-state index contributed by atoms with van der Waals surface area (Å²) >= 11 is 0. The number of para-hydroxylation sites is 1. The highest BCUT2D eigenvalue weighted by molar-refractivity contribution is 6.04. The van der Waals surface area contributed by atoms with Gasteiger partial charge in [-0.2, -0.15) is 0 Å². The smallest absolute Gasteiger partial charge is 0.253 e. The van der Waals surface area contributed by atoms with Gasteiger partial charge in [-0.1, -0.05) is 12.1 Å². The lowest BCUT2D eigenvalue weighted by Gasteiger charge is -2.28. The van der Waals surface area contributed by atoms with Crippen molar-refractivity contribution in [1.82, 2.24) is 5.32 Å². The van der Waals surface area contributed by atoms with Gasteiger partial charge < -0.3 is 15.5 Å². The largest absolute Gasteiger partial charge is 0.360 e. The summed E-state index contributed by atoms with van der Waals surface area (Å²) in [5, 5.41) is 5.77. The Kier molecular flexibility index (Phi) is 5.74. The fourth-order valence-electron chi connectivity index (χ4n) is 2.83. The molecule has 1 saturated carbocycles. The zero-order valence-corrected chi connectivity index (χ0v) is 15.5. The third-order valence-electron chi connectivity index (χ3n) is 4.45. The van der Waals surface area contributed by atoms with Crippen molar-refractivity contribution < 1.29 is 14.0 Å². The van der Waals surface area contributed by atoms with Crippen molar-refractivity contribution in [2.24, 2.45) is 0 Å². The molecule has 0 aromatic heterocycles. The average molecular weight is 369 g/mol. The van der Waals surface area contributed by atoms with E-state index in [-0.39, 0.29) is 36.3 Å². The van der Waals surface area contributed by atoms with E-state index in [4.69, 9.17) is 0 Å². The molecule has 2 aromatic rings. The van der Waals surface area contributed by atoms with Crippen LogP contribution in [0.4, 0.5) is 15.8 Å². The number of anilines is 2. The van der Waals surface area contributed by atoms with Crippen LogP contribution in [-0.2, 0) is 4.79 Å². The number of benzene rings is 2. The summed E-state index contributed by atoms with van der Waals surface area (Å²) in [5.41, 5.74) is 1.71. The molecule has 2 N–H and O–H groups in total. The van der Waals surface area contributed by atoms with Crippen LogP contribution in [0.2, 0.25) is 0 Å². The molecule has 2 aromatic carbocycles. The van der Waals surface area contributed by atoms with Gasteiger partial charge in [0.25, 0.3) is 5.91 Å². The minimum absolute atomic E-state index is 0.0506. The molecule has 1 aliphatic carbocycles. The van der Waals surface area contributed by atoms with Gasteiger partial charge >= 0.3 is 0 Å². The second kappa shape index (κ2) is 8.20. The second-order valence-electron chi connectivity index (χ2n) is 7.04. The Balaban J connectivity index is 1.70. The monoisotopic (exact) mass is 369 g/mol. The number of carbonyl (C=O) groups is 2. The van der Waals surface area contributed by atoms with Gasteiger partial charge in [-0.15, -0.1) is 0 Å². The highest BCUT2D eigenvalue weighted by Crippen LogP contribution is 2.22. The maximum absolute atomic E-state index is 13.2. The molecule has 0 heterocycles.